The van der Waals surface area contributed by atoms with Crippen LogP contribution < -0.4 is 5.43 Å². The standard InChI is InChI=1S/C9H8N4O5/c10-11-7(5-1-3-6(14)4-2-5)8(9(15)16)12-13(17)18/h1-4,8,12,14H,(H,15,16)/t8-/m0/s1. The van der Waals surface area contributed by atoms with Crippen molar-refractivity contribution in [1.29, 1.82) is 0 Å². The molecule has 1 atom stereocenters. The number of phenolic OH excluding ortho intramolecular Hbond substituents is 1. The van der Waals surface area contributed by atoms with Gasteiger partial charge in [-0.2, -0.15) is 4.79 Å². The number of carboxylic acids is 1. The topological polar surface area (TPSA) is 149 Å². The van der Waals surface area contributed by atoms with E-state index in [0.29, 0.717) is 0 Å². The van der Waals surface area contributed by atoms with Gasteiger partial charge in [0.15, 0.2) is 5.03 Å². The summed E-state index contributed by atoms with van der Waals surface area (Å²) in [5, 5.41) is 27.1. The molecule has 1 aromatic rings. The van der Waals surface area contributed by atoms with Crippen LogP contribution in [0.5, 0.6) is 5.75 Å². The highest BCUT2D eigenvalue weighted by Crippen LogP contribution is 2.11. The number of hydrogen-bond donors (Lipinski definition) is 3. The van der Waals surface area contributed by atoms with Crippen molar-refractivity contribution < 1.29 is 24.8 Å². The fourth-order valence-corrected chi connectivity index (χ4v) is 1.25. The van der Waals surface area contributed by atoms with Gasteiger partial charge in [-0.05, 0) is 24.3 Å². The number of hydrogen-bond acceptors (Lipinski definition) is 4. The first kappa shape index (κ1) is 13.1. The van der Waals surface area contributed by atoms with Crippen molar-refractivity contribution in [2.24, 2.45) is 0 Å². The van der Waals surface area contributed by atoms with Crippen LogP contribution in [0.15, 0.2) is 24.3 Å². The molecule has 9 heteroatoms. The third-order valence-corrected chi connectivity index (χ3v) is 2.03. The summed E-state index contributed by atoms with van der Waals surface area (Å²) in [5.41, 5.74) is 9.97. The van der Waals surface area contributed by atoms with Crippen LogP contribution in [0.25, 0.3) is 5.53 Å². The summed E-state index contributed by atoms with van der Waals surface area (Å²) in [5.74, 6) is -1.65. The smallest absolute Gasteiger partial charge is 0.344 e. The lowest BCUT2D eigenvalue weighted by atomic mass is 10.0. The molecule has 0 spiro atoms. The largest absolute Gasteiger partial charge is 0.508 e. The molecule has 0 bridgehead atoms. The monoisotopic (exact) mass is 252 g/mol. The molecule has 3 N–H and O–H groups in total. The van der Waals surface area contributed by atoms with Crippen LogP contribution in [-0.2, 0) is 4.79 Å². The number of rotatable bonds is 5. The molecule has 0 aliphatic rings. The van der Waals surface area contributed by atoms with Crippen molar-refractivity contribution in [3.8, 4) is 5.75 Å². The van der Waals surface area contributed by atoms with Gasteiger partial charge >= 0.3 is 11.7 Å². The van der Waals surface area contributed by atoms with Gasteiger partial charge in [0.25, 0.3) is 6.04 Å². The number of carboxylic acid groups (broad SMARTS) is 1. The Hall–Kier alpha value is -2.93. The molecule has 1 aromatic carbocycles. The van der Waals surface area contributed by atoms with Crippen LogP contribution in [0.2, 0.25) is 0 Å². The lowest BCUT2D eigenvalue weighted by Gasteiger charge is -2.05. The van der Waals surface area contributed by atoms with Crippen molar-refractivity contribution in [3.63, 3.8) is 0 Å². The summed E-state index contributed by atoms with van der Waals surface area (Å²) < 4.78 is 0. The first-order valence-corrected chi connectivity index (χ1v) is 4.60. The second-order valence-corrected chi connectivity index (χ2v) is 3.19. The third-order valence-electron chi connectivity index (χ3n) is 2.03. The zero-order valence-electron chi connectivity index (χ0n) is 8.85. The minimum Gasteiger partial charge on any atom is -0.508 e. The van der Waals surface area contributed by atoms with Gasteiger partial charge in [-0.1, -0.05) is 0 Å². The van der Waals surface area contributed by atoms with E-state index in [0.717, 1.165) is 0 Å². The highest BCUT2D eigenvalue weighted by molar-refractivity contribution is 6.11. The van der Waals surface area contributed by atoms with Gasteiger partial charge in [-0.25, -0.2) is 14.9 Å². The number of phenols is 1. The Bertz CT molecular complexity index is 520. The molecule has 0 radical (unpaired) electrons. The number of nitrogens with one attached hydrogen (secondary N) is 1. The van der Waals surface area contributed by atoms with Gasteiger partial charge in [0, 0.05) is 0 Å². The van der Waals surface area contributed by atoms with Gasteiger partial charge < -0.3 is 15.7 Å². The normalized spacial score (nSPS) is 11.1. The van der Waals surface area contributed by atoms with Crippen LogP contribution in [0.1, 0.15) is 5.56 Å². The maximum absolute atomic E-state index is 10.9. The minimum atomic E-state index is -1.81. The van der Waals surface area contributed by atoms with Crippen molar-refractivity contribution in [3.05, 3.63) is 45.5 Å². The average Bonchev–Trinajstić information content (AvgIpc) is 2.30. The number of aromatic hydroxyl groups is 1. The van der Waals surface area contributed by atoms with Gasteiger partial charge in [-0.15, -0.1) is 5.43 Å². The molecule has 0 aliphatic heterocycles. The quantitative estimate of drug-likeness (QED) is 0.214. The molecule has 0 aromatic heterocycles. The molecule has 9 nitrogen and oxygen atoms in total. The zero-order valence-corrected chi connectivity index (χ0v) is 8.85. The van der Waals surface area contributed by atoms with Crippen LogP contribution in [0.3, 0.4) is 0 Å². The van der Waals surface area contributed by atoms with Crippen molar-refractivity contribution in [1.82, 2.24) is 5.43 Å². The fraction of sp³-hybridized carbons (Fsp3) is 0.111. The third kappa shape index (κ3) is 3.03. The maximum atomic E-state index is 10.9. The fourth-order valence-electron chi connectivity index (χ4n) is 1.25. The lowest BCUT2D eigenvalue weighted by Crippen LogP contribution is -2.47. The van der Waals surface area contributed by atoms with E-state index < -0.39 is 22.8 Å². The van der Waals surface area contributed by atoms with Gasteiger partial charge in [0.1, 0.15) is 5.75 Å². The molecule has 94 valence electrons. The lowest BCUT2D eigenvalue weighted by molar-refractivity contribution is -0.546. The molecule has 0 heterocycles. The molecule has 0 saturated carbocycles. The molecule has 0 unspecified atom stereocenters. The van der Waals surface area contributed by atoms with E-state index in [1.807, 2.05) is 0 Å². The molecule has 0 fully saturated rings. The molecule has 18 heavy (non-hydrogen) atoms. The van der Waals surface area contributed by atoms with E-state index in [2.05, 4.69) is 4.79 Å². The van der Waals surface area contributed by atoms with Crippen LogP contribution >= 0.6 is 0 Å². The summed E-state index contributed by atoms with van der Waals surface area (Å²) in [6, 6.07) is 3.18. The molecule has 0 aliphatic carbocycles. The molecule has 0 saturated heterocycles. The van der Waals surface area contributed by atoms with Crippen molar-refractivity contribution in [2.45, 2.75) is 6.04 Å². The SMILES string of the molecule is [N-]=[N+]=C(c1ccc(O)cc1)[C@H](N[N+](=O)[O-])C(=O)O. The predicted octanol–water partition coefficient (Wildman–Crippen LogP) is -0.354. The van der Waals surface area contributed by atoms with E-state index in [-0.39, 0.29) is 11.3 Å². The molecular weight excluding hydrogens is 244 g/mol. The predicted molar refractivity (Wildman–Crippen MR) is 57.4 cm³/mol. The second-order valence-electron chi connectivity index (χ2n) is 3.19. The summed E-state index contributed by atoms with van der Waals surface area (Å²) in [6.07, 6.45) is 0. The highest BCUT2D eigenvalue weighted by Gasteiger charge is 2.36. The molecule has 0 amide bonds. The highest BCUT2D eigenvalue weighted by atomic mass is 16.7. The van der Waals surface area contributed by atoms with E-state index >= 15 is 0 Å². The molecular formula is C9H8N4O5. The van der Waals surface area contributed by atoms with Gasteiger partial charge in [0.05, 0.1) is 5.56 Å². The number of aliphatic carboxylic acids is 1. The Morgan fingerprint density at radius 3 is 2.39 bits per heavy atom. The first-order valence-electron chi connectivity index (χ1n) is 4.60. The van der Waals surface area contributed by atoms with E-state index in [4.69, 9.17) is 15.7 Å². The van der Waals surface area contributed by atoms with Crippen molar-refractivity contribution >= 4 is 11.7 Å². The number of benzene rings is 1. The number of nitro groups is 1. The first-order chi connectivity index (χ1) is 8.45. The number of carbonyl (C=O) groups is 1. The van der Waals surface area contributed by atoms with E-state index in [1.54, 1.807) is 0 Å². The molecule has 1 rings (SSSR count). The second kappa shape index (κ2) is 5.41. The van der Waals surface area contributed by atoms with Crippen molar-refractivity contribution in [2.75, 3.05) is 0 Å². The Morgan fingerprint density at radius 2 is 2.00 bits per heavy atom. The van der Waals surface area contributed by atoms with Crippen LogP contribution in [0.4, 0.5) is 0 Å². The van der Waals surface area contributed by atoms with E-state index in [1.165, 1.54) is 29.7 Å². The Kier molecular flexibility index (Phi) is 3.95. The average molecular weight is 252 g/mol. The number of hydrazine groups is 1. The Labute approximate surface area is 100 Å². The van der Waals surface area contributed by atoms with Crippen LogP contribution in [0, 0.1) is 10.1 Å². The van der Waals surface area contributed by atoms with Gasteiger partial charge in [0.2, 0.25) is 0 Å². The summed E-state index contributed by atoms with van der Waals surface area (Å²) in [6.45, 7) is 0. The Balaban J connectivity index is 3.15. The summed E-state index contributed by atoms with van der Waals surface area (Å²) in [7, 11) is 0. The van der Waals surface area contributed by atoms with Crippen LogP contribution in [-0.4, -0.2) is 37.8 Å². The Morgan fingerprint density at radius 1 is 1.44 bits per heavy atom. The zero-order chi connectivity index (χ0) is 13.7. The van der Waals surface area contributed by atoms with E-state index in [9.17, 15) is 14.9 Å². The summed E-state index contributed by atoms with van der Waals surface area (Å²) >= 11 is 0. The maximum Gasteiger partial charge on any atom is 0.344 e. The number of nitrogens with zero attached hydrogens (tertiary/aromatic N) is 3. The van der Waals surface area contributed by atoms with Gasteiger partial charge in [-0.3, -0.25) is 0 Å². The minimum absolute atomic E-state index is 0.0786. The summed E-state index contributed by atoms with van der Waals surface area (Å²) in [4.78, 5) is 23.9.